The summed E-state index contributed by atoms with van der Waals surface area (Å²) in [5.74, 6) is -0.212. The fourth-order valence-corrected chi connectivity index (χ4v) is 4.47. The summed E-state index contributed by atoms with van der Waals surface area (Å²) in [5.41, 5.74) is 2.22. The van der Waals surface area contributed by atoms with E-state index in [1.54, 1.807) is 13.8 Å². The third kappa shape index (κ3) is 3.48. The van der Waals surface area contributed by atoms with Crippen LogP contribution in [0.5, 0.6) is 0 Å². The number of carbonyl (C=O) groups excluding carboxylic acids is 2. The van der Waals surface area contributed by atoms with E-state index in [0.29, 0.717) is 27.9 Å². The zero-order chi connectivity index (χ0) is 18.8. The van der Waals surface area contributed by atoms with Crippen molar-refractivity contribution in [2.24, 2.45) is 5.92 Å². The molecule has 2 aromatic rings. The lowest BCUT2D eigenvalue weighted by Crippen LogP contribution is -2.21. The number of esters is 1. The summed E-state index contributed by atoms with van der Waals surface area (Å²) in [5, 5.41) is 16.4. The second-order valence-electron chi connectivity index (χ2n) is 6.49. The number of rotatable bonds is 4. The average Bonchev–Trinajstić information content (AvgIpc) is 3.11. The second-order valence-corrected chi connectivity index (χ2v) is 7.60. The van der Waals surface area contributed by atoms with Crippen molar-refractivity contribution in [2.75, 3.05) is 11.9 Å². The Labute approximate surface area is 154 Å². The molecular weight excluding hydrogens is 354 g/mol. The van der Waals surface area contributed by atoms with Crippen molar-refractivity contribution in [3.05, 3.63) is 33.0 Å². The first-order chi connectivity index (χ1) is 12.4. The van der Waals surface area contributed by atoms with Gasteiger partial charge in [0, 0.05) is 4.88 Å². The maximum Gasteiger partial charge on any atom is 0.344 e. The molecule has 0 spiro atoms. The molecule has 1 N–H and O–H groups in total. The second kappa shape index (κ2) is 7.30. The maximum absolute atomic E-state index is 12.2. The molecule has 2 heterocycles. The number of aromatic nitrogens is 1. The van der Waals surface area contributed by atoms with E-state index in [-0.39, 0.29) is 5.56 Å². The summed E-state index contributed by atoms with van der Waals surface area (Å²) in [6, 6.07) is 2.19. The molecule has 0 aromatic carbocycles. The number of hydrogen-bond donors (Lipinski definition) is 1. The number of carbonyl (C=O) groups is 2. The Morgan fingerprint density at radius 2 is 2.23 bits per heavy atom. The fraction of sp³-hybridized carbons (Fsp3) is 0.444. The summed E-state index contributed by atoms with van der Waals surface area (Å²) in [7, 11) is 0. The van der Waals surface area contributed by atoms with Crippen LogP contribution in [-0.4, -0.2) is 23.6 Å². The molecule has 0 saturated heterocycles. The van der Waals surface area contributed by atoms with Crippen LogP contribution >= 0.6 is 11.3 Å². The number of hydrogen-bond acceptors (Lipinski definition) is 7. The number of nitrogens with one attached hydrogen (secondary N) is 1. The van der Waals surface area contributed by atoms with Gasteiger partial charge < -0.3 is 14.6 Å². The van der Waals surface area contributed by atoms with Crippen molar-refractivity contribution in [3.8, 4) is 6.07 Å². The first-order valence-corrected chi connectivity index (χ1v) is 9.16. The molecule has 1 aliphatic carbocycles. The van der Waals surface area contributed by atoms with E-state index in [2.05, 4.69) is 23.5 Å². The van der Waals surface area contributed by atoms with E-state index in [4.69, 9.17) is 9.26 Å². The van der Waals surface area contributed by atoms with Gasteiger partial charge in [0.1, 0.15) is 22.4 Å². The van der Waals surface area contributed by atoms with Crippen LogP contribution in [0.3, 0.4) is 0 Å². The fourth-order valence-electron chi connectivity index (χ4n) is 3.10. The number of amides is 1. The van der Waals surface area contributed by atoms with Crippen LogP contribution in [0.1, 0.15) is 51.2 Å². The molecule has 3 rings (SSSR count). The van der Waals surface area contributed by atoms with Gasteiger partial charge in [-0.1, -0.05) is 12.1 Å². The zero-order valence-electron chi connectivity index (χ0n) is 14.8. The minimum Gasteiger partial charge on any atom is -0.452 e. The molecule has 1 atom stereocenters. The van der Waals surface area contributed by atoms with E-state index >= 15 is 0 Å². The van der Waals surface area contributed by atoms with Crippen LogP contribution in [0, 0.1) is 31.1 Å². The molecule has 0 saturated carbocycles. The molecule has 0 fully saturated rings. The van der Waals surface area contributed by atoms with Crippen molar-refractivity contribution in [1.29, 1.82) is 5.26 Å². The van der Waals surface area contributed by atoms with Gasteiger partial charge in [0.15, 0.2) is 6.61 Å². The summed E-state index contributed by atoms with van der Waals surface area (Å²) in [6.07, 6.45) is 2.82. The van der Waals surface area contributed by atoms with Gasteiger partial charge >= 0.3 is 5.97 Å². The normalized spacial score (nSPS) is 15.8. The lowest BCUT2D eigenvalue weighted by atomic mass is 9.89. The third-order valence-electron chi connectivity index (χ3n) is 4.45. The highest BCUT2D eigenvalue weighted by atomic mass is 32.1. The van der Waals surface area contributed by atoms with Crippen LogP contribution in [0.15, 0.2) is 4.52 Å². The first-order valence-electron chi connectivity index (χ1n) is 8.35. The van der Waals surface area contributed by atoms with Gasteiger partial charge in [0.2, 0.25) is 0 Å². The van der Waals surface area contributed by atoms with Crippen molar-refractivity contribution >= 4 is 28.2 Å². The van der Waals surface area contributed by atoms with Gasteiger partial charge in [0.25, 0.3) is 5.91 Å². The topological polar surface area (TPSA) is 105 Å². The predicted molar refractivity (Wildman–Crippen MR) is 95.1 cm³/mol. The highest BCUT2D eigenvalue weighted by Gasteiger charge is 2.25. The Morgan fingerprint density at radius 1 is 1.46 bits per heavy atom. The van der Waals surface area contributed by atoms with E-state index in [9.17, 15) is 14.9 Å². The van der Waals surface area contributed by atoms with Crippen LogP contribution in [0.25, 0.3) is 0 Å². The predicted octanol–water partition coefficient (Wildman–Crippen LogP) is 3.14. The Bertz CT molecular complexity index is 887. The van der Waals surface area contributed by atoms with Crippen LogP contribution in [0.2, 0.25) is 0 Å². The van der Waals surface area contributed by atoms with Gasteiger partial charge in [-0.05, 0) is 44.6 Å². The molecule has 0 radical (unpaired) electrons. The molecular formula is C18H19N3O4S. The number of aryl methyl sites for hydroxylation is 2. The van der Waals surface area contributed by atoms with E-state index in [1.807, 2.05) is 0 Å². The summed E-state index contributed by atoms with van der Waals surface area (Å²) in [4.78, 5) is 25.4. The van der Waals surface area contributed by atoms with Crippen molar-refractivity contribution in [3.63, 3.8) is 0 Å². The Kier molecular flexibility index (Phi) is 5.09. The third-order valence-corrected chi connectivity index (χ3v) is 5.62. The molecule has 1 amide bonds. The number of nitrogens with zero attached hydrogens (tertiary/aromatic N) is 2. The van der Waals surface area contributed by atoms with Gasteiger partial charge in [-0.15, -0.1) is 11.3 Å². The minimum atomic E-state index is -0.656. The molecule has 0 bridgehead atoms. The molecule has 7 nitrogen and oxygen atoms in total. The summed E-state index contributed by atoms with van der Waals surface area (Å²) >= 11 is 1.44. The lowest BCUT2D eigenvalue weighted by molar-refractivity contribution is -0.119. The number of thiophene rings is 1. The smallest absolute Gasteiger partial charge is 0.344 e. The lowest BCUT2D eigenvalue weighted by Gasteiger charge is -2.17. The Balaban J connectivity index is 1.66. The number of ether oxygens (including phenoxy) is 1. The highest BCUT2D eigenvalue weighted by molar-refractivity contribution is 7.16. The van der Waals surface area contributed by atoms with E-state index in [0.717, 1.165) is 29.7 Å². The average molecular weight is 373 g/mol. The first kappa shape index (κ1) is 18.1. The van der Waals surface area contributed by atoms with Crippen LogP contribution < -0.4 is 5.32 Å². The van der Waals surface area contributed by atoms with Crippen LogP contribution in [0.4, 0.5) is 5.00 Å². The molecule has 8 heteroatoms. The maximum atomic E-state index is 12.2. The van der Waals surface area contributed by atoms with Gasteiger partial charge in [-0.3, -0.25) is 4.79 Å². The van der Waals surface area contributed by atoms with Crippen molar-refractivity contribution in [2.45, 2.75) is 40.0 Å². The number of anilines is 1. The standard InChI is InChI=1S/C18H19N3O4S/c1-9-4-5-12-13(7-19)17(26-14(12)6-9)20-15(22)8-24-18(23)16-10(2)21-25-11(16)3/h9H,4-6,8H2,1-3H3,(H,20,22)/t9-/m0/s1. The summed E-state index contributed by atoms with van der Waals surface area (Å²) < 4.78 is 9.96. The number of fused-ring (bicyclic) bond motifs is 1. The van der Waals surface area contributed by atoms with Crippen molar-refractivity contribution < 1.29 is 18.8 Å². The molecule has 26 heavy (non-hydrogen) atoms. The van der Waals surface area contributed by atoms with Gasteiger partial charge in [-0.2, -0.15) is 5.26 Å². The molecule has 0 unspecified atom stereocenters. The largest absolute Gasteiger partial charge is 0.452 e. The quantitative estimate of drug-likeness (QED) is 0.826. The molecule has 2 aromatic heterocycles. The monoisotopic (exact) mass is 373 g/mol. The van der Waals surface area contributed by atoms with E-state index < -0.39 is 18.5 Å². The highest BCUT2D eigenvalue weighted by Crippen LogP contribution is 2.39. The van der Waals surface area contributed by atoms with Gasteiger partial charge in [-0.25, -0.2) is 4.79 Å². The van der Waals surface area contributed by atoms with Gasteiger partial charge in [0.05, 0.1) is 11.3 Å². The molecule has 1 aliphatic rings. The van der Waals surface area contributed by atoms with Crippen molar-refractivity contribution in [1.82, 2.24) is 5.16 Å². The molecule has 0 aliphatic heterocycles. The minimum absolute atomic E-state index is 0.232. The Hall–Kier alpha value is -2.66. The van der Waals surface area contributed by atoms with Crippen LogP contribution in [-0.2, 0) is 22.4 Å². The Morgan fingerprint density at radius 3 is 2.88 bits per heavy atom. The number of nitriles is 1. The molecule has 136 valence electrons. The van der Waals surface area contributed by atoms with E-state index in [1.165, 1.54) is 11.3 Å². The zero-order valence-corrected chi connectivity index (χ0v) is 15.7. The summed E-state index contributed by atoms with van der Waals surface area (Å²) in [6.45, 7) is 4.98. The SMILES string of the molecule is Cc1noc(C)c1C(=O)OCC(=O)Nc1sc2c(c1C#N)CC[C@H](C)C2.